The highest BCUT2D eigenvalue weighted by Crippen LogP contribution is 2.17. The van der Waals surface area contributed by atoms with Crippen LogP contribution in [0.25, 0.3) is 0 Å². The van der Waals surface area contributed by atoms with Crippen LogP contribution in [0.5, 0.6) is 0 Å². The Hall–Kier alpha value is -1.39. The number of nitrogens with zero attached hydrogens (tertiary/aromatic N) is 2. The first-order valence-electron chi connectivity index (χ1n) is 5.71. The predicted octanol–water partition coefficient (Wildman–Crippen LogP) is 1.04. The lowest BCUT2D eigenvalue weighted by molar-refractivity contribution is -0.132. The molecule has 1 N–H and O–H groups in total. The SMILES string of the molecule is CN=CN(CC(C)(C)C(=O)NC(C)C)C(C)=O. The monoisotopic (exact) mass is 241 g/mol. The van der Waals surface area contributed by atoms with Crippen molar-refractivity contribution in [2.45, 2.75) is 40.7 Å². The van der Waals surface area contributed by atoms with E-state index in [0.29, 0.717) is 6.54 Å². The van der Waals surface area contributed by atoms with Crippen LogP contribution >= 0.6 is 0 Å². The molecule has 0 rings (SSSR count). The molecule has 0 aliphatic rings. The van der Waals surface area contributed by atoms with Crippen LogP contribution in [-0.2, 0) is 9.59 Å². The van der Waals surface area contributed by atoms with E-state index in [-0.39, 0.29) is 17.9 Å². The minimum Gasteiger partial charge on any atom is -0.353 e. The van der Waals surface area contributed by atoms with Crippen LogP contribution in [0, 0.1) is 5.41 Å². The van der Waals surface area contributed by atoms with Gasteiger partial charge in [-0.2, -0.15) is 0 Å². The van der Waals surface area contributed by atoms with Crippen LogP contribution in [0.4, 0.5) is 0 Å². The Labute approximate surface area is 103 Å². The Balaban J connectivity index is 4.70. The average Bonchev–Trinajstić information content (AvgIpc) is 2.15. The van der Waals surface area contributed by atoms with Crippen molar-refractivity contribution in [2.24, 2.45) is 10.4 Å². The zero-order valence-electron chi connectivity index (χ0n) is 11.6. The Morgan fingerprint density at radius 1 is 1.41 bits per heavy atom. The van der Waals surface area contributed by atoms with Gasteiger partial charge in [0, 0.05) is 26.6 Å². The molecule has 0 radical (unpaired) electrons. The molecule has 0 fully saturated rings. The second-order valence-corrected chi connectivity index (χ2v) is 5.03. The highest BCUT2D eigenvalue weighted by Gasteiger charge is 2.30. The molecule has 0 bridgehead atoms. The van der Waals surface area contributed by atoms with Crippen LogP contribution in [0.2, 0.25) is 0 Å². The molecule has 0 aromatic rings. The van der Waals surface area contributed by atoms with Gasteiger partial charge in [-0.15, -0.1) is 0 Å². The Bertz CT molecular complexity index is 309. The van der Waals surface area contributed by atoms with Gasteiger partial charge in [0.05, 0.1) is 11.8 Å². The molecule has 0 spiro atoms. The van der Waals surface area contributed by atoms with Crippen molar-refractivity contribution in [3.05, 3.63) is 0 Å². The second kappa shape index (κ2) is 6.37. The number of aliphatic imine (C=N–C) groups is 1. The summed E-state index contributed by atoms with van der Waals surface area (Å²) >= 11 is 0. The first-order valence-corrected chi connectivity index (χ1v) is 5.71. The molecule has 5 heteroatoms. The van der Waals surface area contributed by atoms with Gasteiger partial charge in [-0.05, 0) is 27.7 Å². The highest BCUT2D eigenvalue weighted by molar-refractivity contribution is 5.88. The van der Waals surface area contributed by atoms with Crippen LogP contribution in [0.15, 0.2) is 4.99 Å². The van der Waals surface area contributed by atoms with E-state index in [1.165, 1.54) is 18.2 Å². The fourth-order valence-corrected chi connectivity index (χ4v) is 1.33. The fraction of sp³-hybridized carbons (Fsp3) is 0.750. The van der Waals surface area contributed by atoms with Gasteiger partial charge in [-0.25, -0.2) is 0 Å². The molecule has 17 heavy (non-hydrogen) atoms. The Morgan fingerprint density at radius 2 is 1.94 bits per heavy atom. The number of hydrogen-bond acceptors (Lipinski definition) is 3. The fourth-order valence-electron chi connectivity index (χ4n) is 1.33. The number of carbonyl (C=O) groups is 2. The van der Waals surface area contributed by atoms with E-state index < -0.39 is 5.41 Å². The molecule has 0 saturated heterocycles. The first kappa shape index (κ1) is 15.6. The van der Waals surface area contributed by atoms with Gasteiger partial charge in [-0.3, -0.25) is 14.6 Å². The maximum atomic E-state index is 11.9. The van der Waals surface area contributed by atoms with E-state index in [1.54, 1.807) is 7.05 Å². The third-order valence-corrected chi connectivity index (χ3v) is 2.26. The number of carbonyl (C=O) groups excluding carboxylic acids is 2. The zero-order valence-corrected chi connectivity index (χ0v) is 11.6. The molecule has 0 aliphatic carbocycles. The summed E-state index contributed by atoms with van der Waals surface area (Å²) in [5, 5.41) is 2.85. The number of amides is 2. The summed E-state index contributed by atoms with van der Waals surface area (Å²) in [7, 11) is 1.59. The normalized spacial score (nSPS) is 11.9. The van der Waals surface area contributed by atoms with Crippen molar-refractivity contribution in [2.75, 3.05) is 13.6 Å². The summed E-state index contributed by atoms with van der Waals surface area (Å²) in [4.78, 5) is 28.6. The quantitative estimate of drug-likeness (QED) is 0.577. The molecule has 0 saturated carbocycles. The number of hydrogen-bond donors (Lipinski definition) is 1. The van der Waals surface area contributed by atoms with Gasteiger partial charge in [0.1, 0.15) is 0 Å². The number of nitrogens with one attached hydrogen (secondary N) is 1. The van der Waals surface area contributed by atoms with Crippen molar-refractivity contribution in [1.29, 1.82) is 0 Å². The minimum absolute atomic E-state index is 0.0664. The molecular formula is C12H23N3O2. The standard InChI is InChI=1S/C12H23N3O2/c1-9(2)14-11(17)12(4,5)7-15(8-13-6)10(3)16/h8-9H,7H2,1-6H3,(H,14,17). The molecule has 0 aromatic carbocycles. The third kappa shape index (κ3) is 5.47. The first-order chi connectivity index (χ1) is 7.70. The zero-order chi connectivity index (χ0) is 13.6. The van der Waals surface area contributed by atoms with Crippen LogP contribution < -0.4 is 5.32 Å². The summed E-state index contributed by atoms with van der Waals surface area (Å²) in [6.45, 7) is 9.21. The van der Waals surface area contributed by atoms with Crippen LogP contribution in [-0.4, -0.2) is 42.7 Å². The summed E-state index contributed by atoms with van der Waals surface area (Å²) in [5.41, 5.74) is -0.642. The molecule has 0 heterocycles. The minimum atomic E-state index is -0.642. The van der Waals surface area contributed by atoms with E-state index >= 15 is 0 Å². The van der Waals surface area contributed by atoms with Crippen molar-refractivity contribution in [3.8, 4) is 0 Å². The van der Waals surface area contributed by atoms with E-state index in [9.17, 15) is 9.59 Å². The van der Waals surface area contributed by atoms with Crippen molar-refractivity contribution >= 4 is 18.2 Å². The van der Waals surface area contributed by atoms with Gasteiger partial charge in [0.2, 0.25) is 11.8 Å². The van der Waals surface area contributed by atoms with Gasteiger partial charge < -0.3 is 10.2 Å². The van der Waals surface area contributed by atoms with Gasteiger partial charge >= 0.3 is 0 Å². The summed E-state index contributed by atoms with van der Waals surface area (Å²) in [5.74, 6) is -0.190. The molecular weight excluding hydrogens is 218 g/mol. The summed E-state index contributed by atoms with van der Waals surface area (Å²) < 4.78 is 0. The molecule has 0 atom stereocenters. The summed E-state index contributed by atoms with van der Waals surface area (Å²) in [6, 6.07) is 0.0902. The van der Waals surface area contributed by atoms with Crippen molar-refractivity contribution < 1.29 is 9.59 Å². The predicted molar refractivity (Wildman–Crippen MR) is 68.9 cm³/mol. The topological polar surface area (TPSA) is 61.8 Å². The Morgan fingerprint density at radius 3 is 2.29 bits per heavy atom. The van der Waals surface area contributed by atoms with Crippen molar-refractivity contribution in [3.63, 3.8) is 0 Å². The van der Waals surface area contributed by atoms with E-state index in [4.69, 9.17) is 0 Å². The lowest BCUT2D eigenvalue weighted by Crippen LogP contribution is -2.47. The largest absolute Gasteiger partial charge is 0.353 e. The van der Waals surface area contributed by atoms with Gasteiger partial charge in [0.15, 0.2) is 0 Å². The van der Waals surface area contributed by atoms with Crippen molar-refractivity contribution in [1.82, 2.24) is 10.2 Å². The smallest absolute Gasteiger partial charge is 0.227 e. The molecule has 0 aliphatic heterocycles. The van der Waals surface area contributed by atoms with E-state index in [2.05, 4.69) is 10.3 Å². The maximum Gasteiger partial charge on any atom is 0.227 e. The average molecular weight is 241 g/mol. The lowest BCUT2D eigenvalue weighted by atomic mass is 9.91. The highest BCUT2D eigenvalue weighted by atomic mass is 16.2. The second-order valence-electron chi connectivity index (χ2n) is 5.03. The maximum absolute atomic E-state index is 11.9. The van der Waals surface area contributed by atoms with E-state index in [1.807, 2.05) is 27.7 Å². The molecule has 98 valence electrons. The van der Waals surface area contributed by atoms with Gasteiger partial charge in [-0.1, -0.05) is 0 Å². The van der Waals surface area contributed by atoms with Crippen LogP contribution in [0.1, 0.15) is 34.6 Å². The molecule has 2 amide bonds. The third-order valence-electron chi connectivity index (χ3n) is 2.26. The van der Waals surface area contributed by atoms with E-state index in [0.717, 1.165) is 0 Å². The molecule has 0 unspecified atom stereocenters. The summed E-state index contributed by atoms with van der Waals surface area (Å²) in [6.07, 6.45) is 1.45. The molecule has 5 nitrogen and oxygen atoms in total. The molecule has 0 aromatic heterocycles. The van der Waals surface area contributed by atoms with Crippen LogP contribution in [0.3, 0.4) is 0 Å². The number of rotatable bonds is 5. The lowest BCUT2D eigenvalue weighted by Gasteiger charge is -2.29. The van der Waals surface area contributed by atoms with Gasteiger partial charge in [0.25, 0.3) is 0 Å². The Kier molecular flexibility index (Phi) is 5.85.